The molecule has 0 bridgehead atoms. The topological polar surface area (TPSA) is 97.9 Å². The highest BCUT2D eigenvalue weighted by Gasteiger charge is 2.13. The van der Waals surface area contributed by atoms with Gasteiger partial charge in [0.15, 0.2) is 11.4 Å². The van der Waals surface area contributed by atoms with Crippen molar-refractivity contribution in [3.63, 3.8) is 0 Å². The zero-order chi connectivity index (χ0) is 18.6. The summed E-state index contributed by atoms with van der Waals surface area (Å²) in [7, 11) is 0. The first-order chi connectivity index (χ1) is 13.3. The Morgan fingerprint density at radius 3 is 2.96 bits per heavy atom. The third-order valence-electron chi connectivity index (χ3n) is 4.23. The normalized spacial score (nSPS) is 11.1. The monoisotopic (exact) mass is 364 g/mol. The van der Waals surface area contributed by atoms with Crippen LogP contribution < -0.4 is 10.6 Å². The lowest BCUT2D eigenvalue weighted by Crippen LogP contribution is -2.27. The van der Waals surface area contributed by atoms with Gasteiger partial charge in [0, 0.05) is 18.5 Å². The van der Waals surface area contributed by atoms with Crippen LogP contribution in [0.25, 0.3) is 22.0 Å². The summed E-state index contributed by atoms with van der Waals surface area (Å²) in [6, 6.07) is 9.28. The number of nitrogens with one attached hydrogen (secondary N) is 2. The molecule has 1 aromatic carbocycles. The Morgan fingerprint density at radius 1 is 1.22 bits per heavy atom. The van der Waals surface area contributed by atoms with Crippen molar-refractivity contribution in [3.8, 4) is 0 Å². The molecule has 4 aromatic rings. The van der Waals surface area contributed by atoms with E-state index >= 15 is 0 Å². The van der Waals surface area contributed by atoms with E-state index in [1.54, 1.807) is 16.9 Å². The molecule has 138 valence electrons. The minimum absolute atomic E-state index is 0.248. The van der Waals surface area contributed by atoms with E-state index < -0.39 is 0 Å². The first-order valence-electron chi connectivity index (χ1n) is 8.93. The Labute approximate surface area is 155 Å². The minimum atomic E-state index is -0.248. The molecule has 0 aliphatic rings. The number of hydrogen-bond acceptors (Lipinski definition) is 6. The predicted molar refractivity (Wildman–Crippen MR) is 103 cm³/mol. The molecule has 0 spiro atoms. The average molecular weight is 364 g/mol. The highest BCUT2D eigenvalue weighted by atomic mass is 16.3. The quantitative estimate of drug-likeness (QED) is 0.523. The number of benzene rings is 1. The molecule has 1 amide bonds. The van der Waals surface area contributed by atoms with Gasteiger partial charge in [0.1, 0.15) is 17.7 Å². The molecule has 0 fully saturated rings. The van der Waals surface area contributed by atoms with Crippen molar-refractivity contribution in [1.82, 2.24) is 25.1 Å². The molecule has 8 nitrogen and oxygen atoms in total. The van der Waals surface area contributed by atoms with Crippen molar-refractivity contribution in [1.29, 1.82) is 0 Å². The van der Waals surface area contributed by atoms with Crippen LogP contribution in [0.1, 0.15) is 23.9 Å². The molecule has 0 saturated carbocycles. The molecule has 27 heavy (non-hydrogen) atoms. The number of anilines is 1. The zero-order valence-corrected chi connectivity index (χ0v) is 15.0. The van der Waals surface area contributed by atoms with Crippen molar-refractivity contribution in [2.24, 2.45) is 0 Å². The number of rotatable bonds is 7. The smallest absolute Gasteiger partial charge is 0.287 e. The van der Waals surface area contributed by atoms with Crippen molar-refractivity contribution in [3.05, 3.63) is 48.6 Å². The van der Waals surface area contributed by atoms with Crippen molar-refractivity contribution >= 4 is 33.7 Å². The van der Waals surface area contributed by atoms with E-state index in [4.69, 9.17) is 4.42 Å². The summed E-state index contributed by atoms with van der Waals surface area (Å²) in [6.45, 7) is 3.85. The highest BCUT2D eigenvalue weighted by molar-refractivity contribution is 5.96. The summed E-state index contributed by atoms with van der Waals surface area (Å²) in [5.74, 6) is 0.830. The lowest BCUT2D eigenvalue weighted by Gasteiger charge is -2.06. The number of nitrogens with zero attached hydrogens (tertiary/aromatic N) is 4. The lowest BCUT2D eigenvalue weighted by molar-refractivity contribution is 0.0926. The number of amides is 1. The minimum Gasteiger partial charge on any atom is -0.451 e. The van der Waals surface area contributed by atoms with Gasteiger partial charge in [0.25, 0.3) is 5.91 Å². The van der Waals surface area contributed by atoms with E-state index in [0.717, 1.165) is 35.2 Å². The number of hydrogen-bond donors (Lipinski definition) is 2. The van der Waals surface area contributed by atoms with E-state index in [9.17, 15) is 4.79 Å². The van der Waals surface area contributed by atoms with Crippen LogP contribution in [-0.4, -0.2) is 38.7 Å². The number of carbonyl (C=O) groups is 1. The second-order valence-corrected chi connectivity index (χ2v) is 6.16. The van der Waals surface area contributed by atoms with E-state index in [-0.39, 0.29) is 5.91 Å². The maximum Gasteiger partial charge on any atom is 0.287 e. The number of para-hydroxylation sites is 1. The fraction of sp³-hybridized carbons (Fsp3) is 0.263. The van der Waals surface area contributed by atoms with Gasteiger partial charge < -0.3 is 15.1 Å². The predicted octanol–water partition coefficient (Wildman–Crippen LogP) is 2.82. The Morgan fingerprint density at radius 2 is 2.11 bits per heavy atom. The average Bonchev–Trinajstić information content (AvgIpc) is 3.31. The van der Waals surface area contributed by atoms with Crippen LogP contribution in [-0.2, 0) is 6.54 Å². The van der Waals surface area contributed by atoms with Crippen molar-refractivity contribution in [2.45, 2.75) is 19.9 Å². The van der Waals surface area contributed by atoms with Gasteiger partial charge in [-0.1, -0.05) is 25.1 Å². The van der Waals surface area contributed by atoms with Gasteiger partial charge in [0.05, 0.1) is 18.1 Å². The van der Waals surface area contributed by atoms with Gasteiger partial charge in [-0.3, -0.25) is 4.79 Å². The zero-order valence-electron chi connectivity index (χ0n) is 15.0. The van der Waals surface area contributed by atoms with Crippen LogP contribution in [0, 0.1) is 0 Å². The molecule has 0 radical (unpaired) electrons. The molecule has 0 aliphatic heterocycles. The summed E-state index contributed by atoms with van der Waals surface area (Å²) in [4.78, 5) is 20.9. The van der Waals surface area contributed by atoms with Crippen molar-refractivity contribution in [2.75, 3.05) is 18.4 Å². The SMILES string of the molecule is CCCNc1ncnc2c1cnn2CCNC(=O)c1cc2ccccc2o1. The molecule has 0 unspecified atom stereocenters. The van der Waals surface area contributed by atoms with Crippen LogP contribution in [0.15, 0.2) is 47.3 Å². The van der Waals surface area contributed by atoms with Crippen LogP contribution in [0.5, 0.6) is 0 Å². The molecular weight excluding hydrogens is 344 g/mol. The van der Waals surface area contributed by atoms with Crippen LogP contribution >= 0.6 is 0 Å². The highest BCUT2D eigenvalue weighted by Crippen LogP contribution is 2.19. The molecule has 3 aromatic heterocycles. The maximum absolute atomic E-state index is 12.3. The van der Waals surface area contributed by atoms with Crippen LogP contribution in [0.4, 0.5) is 5.82 Å². The second-order valence-electron chi connectivity index (χ2n) is 6.16. The van der Waals surface area contributed by atoms with Gasteiger partial charge >= 0.3 is 0 Å². The van der Waals surface area contributed by atoms with Crippen LogP contribution in [0.2, 0.25) is 0 Å². The number of aromatic nitrogens is 4. The standard InChI is InChI=1S/C19H20N6O2/c1-2-7-20-17-14-11-24-25(18(14)23-12-22-17)9-8-21-19(26)16-10-13-5-3-4-6-15(13)27-16/h3-6,10-12H,2,7-9H2,1H3,(H,21,26)(H,20,22,23). The number of fused-ring (bicyclic) bond motifs is 2. The van der Waals surface area contributed by atoms with Crippen molar-refractivity contribution < 1.29 is 9.21 Å². The third-order valence-corrected chi connectivity index (χ3v) is 4.23. The van der Waals surface area contributed by atoms with E-state index in [1.807, 2.05) is 24.3 Å². The summed E-state index contributed by atoms with van der Waals surface area (Å²) in [5.41, 5.74) is 1.44. The van der Waals surface area contributed by atoms with Gasteiger partial charge in [-0.25, -0.2) is 14.6 Å². The molecule has 8 heteroatoms. The second kappa shape index (κ2) is 7.45. The molecule has 2 N–H and O–H groups in total. The molecule has 3 heterocycles. The molecule has 0 saturated heterocycles. The Bertz CT molecular complexity index is 1050. The number of carbonyl (C=O) groups excluding carboxylic acids is 1. The van der Waals surface area contributed by atoms with Gasteiger partial charge in [-0.05, 0) is 18.6 Å². The summed E-state index contributed by atoms with van der Waals surface area (Å²) >= 11 is 0. The Kier molecular flexibility index (Phi) is 4.69. The first-order valence-corrected chi connectivity index (χ1v) is 8.93. The van der Waals surface area contributed by atoms with Crippen LogP contribution in [0.3, 0.4) is 0 Å². The molecule has 0 aliphatic carbocycles. The Balaban J connectivity index is 1.42. The first kappa shape index (κ1) is 17.0. The van der Waals surface area contributed by atoms with Gasteiger partial charge in [0.2, 0.25) is 0 Å². The maximum atomic E-state index is 12.3. The fourth-order valence-corrected chi connectivity index (χ4v) is 2.90. The Hall–Kier alpha value is -3.42. The summed E-state index contributed by atoms with van der Waals surface area (Å²) < 4.78 is 7.33. The third kappa shape index (κ3) is 3.46. The van der Waals surface area contributed by atoms with E-state index in [2.05, 4.69) is 32.6 Å². The summed E-state index contributed by atoms with van der Waals surface area (Å²) in [5, 5.41) is 12.3. The summed E-state index contributed by atoms with van der Waals surface area (Å²) in [6.07, 6.45) is 4.27. The fourth-order valence-electron chi connectivity index (χ4n) is 2.90. The van der Waals surface area contributed by atoms with E-state index in [1.165, 1.54) is 6.33 Å². The number of furan rings is 1. The molecule has 4 rings (SSSR count). The molecule has 0 atom stereocenters. The van der Waals surface area contributed by atoms with Gasteiger partial charge in [-0.2, -0.15) is 5.10 Å². The van der Waals surface area contributed by atoms with E-state index in [0.29, 0.717) is 24.4 Å². The van der Waals surface area contributed by atoms with Gasteiger partial charge in [-0.15, -0.1) is 0 Å². The molecular formula is C19H20N6O2. The lowest BCUT2D eigenvalue weighted by atomic mass is 10.2. The largest absolute Gasteiger partial charge is 0.451 e.